The number of piperidine rings is 1. The van der Waals surface area contributed by atoms with Gasteiger partial charge in [0.25, 0.3) is 0 Å². The SMILES string of the molecule is Cc1cc(NC(=O)N2CCC[C@H](S(=O)(=O)Nc3ccccc3)C2)no1. The summed E-state index contributed by atoms with van der Waals surface area (Å²) in [6, 6.07) is 9.95. The summed E-state index contributed by atoms with van der Waals surface area (Å²) in [5.74, 6) is 0.899. The van der Waals surface area contributed by atoms with Crippen molar-refractivity contribution in [2.24, 2.45) is 0 Å². The maximum atomic E-state index is 12.6. The van der Waals surface area contributed by atoms with Crippen molar-refractivity contribution < 1.29 is 17.7 Å². The van der Waals surface area contributed by atoms with Crippen molar-refractivity contribution in [3.8, 4) is 0 Å². The summed E-state index contributed by atoms with van der Waals surface area (Å²) in [6.45, 7) is 2.35. The number of urea groups is 1. The minimum Gasteiger partial charge on any atom is -0.360 e. The standard InChI is InChI=1S/C16H20N4O4S/c1-12-10-15(18-24-12)17-16(21)20-9-5-8-14(11-20)25(22,23)19-13-6-3-2-4-7-13/h2-4,6-7,10,14,19H,5,8-9,11H2,1H3,(H,17,18,21)/t14-/m0/s1. The number of benzene rings is 1. The van der Waals surface area contributed by atoms with Crippen LogP contribution in [0.25, 0.3) is 0 Å². The number of hydrogen-bond donors (Lipinski definition) is 2. The second-order valence-electron chi connectivity index (χ2n) is 5.98. The van der Waals surface area contributed by atoms with Gasteiger partial charge in [-0.15, -0.1) is 0 Å². The molecule has 1 aromatic heterocycles. The predicted molar refractivity (Wildman–Crippen MR) is 93.8 cm³/mol. The van der Waals surface area contributed by atoms with E-state index in [4.69, 9.17) is 4.52 Å². The van der Waals surface area contributed by atoms with E-state index in [0.29, 0.717) is 36.7 Å². The third kappa shape index (κ3) is 4.30. The summed E-state index contributed by atoms with van der Waals surface area (Å²) in [4.78, 5) is 13.8. The van der Waals surface area contributed by atoms with Gasteiger partial charge in [-0.2, -0.15) is 0 Å². The van der Waals surface area contributed by atoms with Gasteiger partial charge in [-0.1, -0.05) is 23.4 Å². The van der Waals surface area contributed by atoms with Crippen molar-refractivity contribution in [2.75, 3.05) is 23.1 Å². The van der Waals surface area contributed by atoms with Gasteiger partial charge in [0.15, 0.2) is 5.82 Å². The molecule has 25 heavy (non-hydrogen) atoms. The number of nitrogens with one attached hydrogen (secondary N) is 2. The lowest BCUT2D eigenvalue weighted by molar-refractivity contribution is 0.200. The number of sulfonamides is 1. The van der Waals surface area contributed by atoms with Crippen LogP contribution in [0.15, 0.2) is 40.9 Å². The average Bonchev–Trinajstić information content (AvgIpc) is 3.00. The summed E-state index contributed by atoms with van der Waals surface area (Å²) >= 11 is 0. The molecule has 3 rings (SSSR count). The van der Waals surface area contributed by atoms with Gasteiger partial charge in [0.2, 0.25) is 10.0 Å². The van der Waals surface area contributed by atoms with E-state index in [1.165, 1.54) is 4.90 Å². The maximum Gasteiger partial charge on any atom is 0.323 e. The predicted octanol–water partition coefficient (Wildman–Crippen LogP) is 2.42. The fraction of sp³-hybridized carbons (Fsp3) is 0.375. The molecule has 2 amide bonds. The van der Waals surface area contributed by atoms with E-state index in [-0.39, 0.29) is 12.6 Å². The van der Waals surface area contributed by atoms with Crippen molar-refractivity contribution in [1.29, 1.82) is 0 Å². The van der Waals surface area contributed by atoms with Crippen LogP contribution in [-0.4, -0.2) is 42.8 Å². The van der Waals surface area contributed by atoms with E-state index in [9.17, 15) is 13.2 Å². The van der Waals surface area contributed by atoms with E-state index in [2.05, 4.69) is 15.2 Å². The Labute approximate surface area is 146 Å². The highest BCUT2D eigenvalue weighted by Crippen LogP contribution is 2.20. The Morgan fingerprint density at radius 2 is 2.08 bits per heavy atom. The first kappa shape index (κ1) is 17.3. The topological polar surface area (TPSA) is 105 Å². The zero-order valence-electron chi connectivity index (χ0n) is 13.8. The maximum absolute atomic E-state index is 12.6. The number of carbonyl (C=O) groups excluding carboxylic acids is 1. The lowest BCUT2D eigenvalue weighted by atomic mass is 10.1. The number of aryl methyl sites for hydroxylation is 1. The molecule has 2 aromatic rings. The number of hydrogen-bond acceptors (Lipinski definition) is 5. The van der Waals surface area contributed by atoms with Crippen LogP contribution in [0, 0.1) is 6.92 Å². The Hall–Kier alpha value is -2.55. The van der Waals surface area contributed by atoms with Crippen LogP contribution in [0.3, 0.4) is 0 Å². The minimum absolute atomic E-state index is 0.130. The third-order valence-corrected chi connectivity index (χ3v) is 5.78. The average molecular weight is 364 g/mol. The summed E-state index contributed by atoms with van der Waals surface area (Å²) in [5.41, 5.74) is 0.516. The van der Waals surface area contributed by atoms with Crippen molar-refractivity contribution in [2.45, 2.75) is 25.0 Å². The molecule has 1 aliphatic heterocycles. The van der Waals surface area contributed by atoms with Crippen LogP contribution in [-0.2, 0) is 10.0 Å². The number of carbonyl (C=O) groups is 1. The smallest absolute Gasteiger partial charge is 0.323 e. The van der Waals surface area contributed by atoms with Crippen molar-refractivity contribution in [3.63, 3.8) is 0 Å². The molecule has 0 unspecified atom stereocenters. The van der Waals surface area contributed by atoms with Gasteiger partial charge in [0, 0.05) is 24.8 Å². The van der Waals surface area contributed by atoms with Crippen LogP contribution in [0.4, 0.5) is 16.3 Å². The summed E-state index contributed by atoms with van der Waals surface area (Å²) in [5, 5.41) is 5.67. The van der Waals surface area contributed by atoms with Gasteiger partial charge in [-0.3, -0.25) is 10.0 Å². The molecule has 1 saturated heterocycles. The van der Waals surface area contributed by atoms with E-state index in [1.807, 2.05) is 6.07 Å². The molecule has 0 bridgehead atoms. The number of rotatable bonds is 4. The second-order valence-corrected chi connectivity index (χ2v) is 7.94. The minimum atomic E-state index is -3.58. The van der Waals surface area contributed by atoms with E-state index < -0.39 is 15.3 Å². The fourth-order valence-electron chi connectivity index (χ4n) is 2.74. The number of anilines is 2. The van der Waals surface area contributed by atoms with Crippen LogP contribution in [0.1, 0.15) is 18.6 Å². The van der Waals surface area contributed by atoms with Crippen LogP contribution < -0.4 is 10.0 Å². The van der Waals surface area contributed by atoms with Gasteiger partial charge in [-0.05, 0) is 31.9 Å². The molecule has 0 saturated carbocycles. The molecule has 1 aliphatic rings. The quantitative estimate of drug-likeness (QED) is 0.867. The molecule has 9 heteroatoms. The monoisotopic (exact) mass is 364 g/mol. The van der Waals surface area contributed by atoms with E-state index in [0.717, 1.165) is 0 Å². The Morgan fingerprint density at radius 1 is 1.32 bits per heavy atom. The highest BCUT2D eigenvalue weighted by molar-refractivity contribution is 7.93. The lowest BCUT2D eigenvalue weighted by Gasteiger charge is -2.32. The summed E-state index contributed by atoms with van der Waals surface area (Å²) in [7, 11) is -3.58. The summed E-state index contributed by atoms with van der Waals surface area (Å²) < 4.78 is 32.7. The molecule has 2 heterocycles. The molecule has 134 valence electrons. The number of nitrogens with zero attached hydrogens (tertiary/aromatic N) is 2. The molecule has 0 radical (unpaired) electrons. The third-order valence-electron chi connectivity index (χ3n) is 4.00. The van der Waals surface area contributed by atoms with Crippen LogP contribution >= 0.6 is 0 Å². The van der Waals surface area contributed by atoms with E-state index in [1.54, 1.807) is 37.3 Å². The summed E-state index contributed by atoms with van der Waals surface area (Å²) in [6.07, 6.45) is 1.13. The van der Waals surface area contributed by atoms with Crippen LogP contribution in [0.2, 0.25) is 0 Å². The molecule has 1 fully saturated rings. The van der Waals surface area contributed by atoms with E-state index >= 15 is 0 Å². The Balaban J connectivity index is 1.64. The molecular formula is C16H20N4O4S. The molecule has 2 N–H and O–H groups in total. The second kappa shape index (κ2) is 7.14. The van der Waals surface area contributed by atoms with Crippen molar-refractivity contribution in [3.05, 3.63) is 42.2 Å². The lowest BCUT2D eigenvalue weighted by Crippen LogP contribution is -2.48. The zero-order valence-corrected chi connectivity index (χ0v) is 14.6. The molecule has 0 spiro atoms. The Kier molecular flexibility index (Phi) is 4.93. The molecular weight excluding hydrogens is 344 g/mol. The van der Waals surface area contributed by atoms with Crippen molar-refractivity contribution in [1.82, 2.24) is 10.1 Å². The first-order valence-corrected chi connectivity index (χ1v) is 9.54. The highest BCUT2D eigenvalue weighted by atomic mass is 32.2. The van der Waals surface area contributed by atoms with Gasteiger partial charge in [-0.25, -0.2) is 13.2 Å². The Morgan fingerprint density at radius 3 is 2.76 bits per heavy atom. The van der Waals surface area contributed by atoms with Gasteiger partial charge in [0.1, 0.15) is 5.76 Å². The molecule has 0 aliphatic carbocycles. The number of para-hydroxylation sites is 1. The highest BCUT2D eigenvalue weighted by Gasteiger charge is 2.33. The Bertz CT molecular complexity index is 835. The normalized spacial score (nSPS) is 18.0. The van der Waals surface area contributed by atoms with Crippen LogP contribution in [0.5, 0.6) is 0 Å². The number of likely N-dealkylation sites (tertiary alicyclic amines) is 1. The number of aromatic nitrogens is 1. The van der Waals surface area contributed by atoms with Gasteiger partial charge in [0.05, 0.1) is 5.25 Å². The molecule has 8 nitrogen and oxygen atoms in total. The largest absolute Gasteiger partial charge is 0.360 e. The zero-order chi connectivity index (χ0) is 17.9. The first-order chi connectivity index (χ1) is 11.9. The van der Waals surface area contributed by atoms with Gasteiger partial charge >= 0.3 is 6.03 Å². The van der Waals surface area contributed by atoms with Crippen molar-refractivity contribution >= 4 is 27.6 Å². The number of amides is 2. The molecule has 1 atom stereocenters. The fourth-order valence-corrected chi connectivity index (χ4v) is 4.23. The molecule has 1 aromatic carbocycles. The van der Waals surface area contributed by atoms with Gasteiger partial charge < -0.3 is 9.42 Å². The first-order valence-electron chi connectivity index (χ1n) is 8.00.